The number of carbonyl (C=O) groups excluding carboxylic acids is 1. The molecule has 0 radical (unpaired) electrons. The fourth-order valence-corrected chi connectivity index (χ4v) is 5.44. The molecule has 0 saturated heterocycles. The maximum atomic E-state index is 13.0. The predicted octanol–water partition coefficient (Wildman–Crippen LogP) is 5.74. The quantitative estimate of drug-likeness (QED) is 0.393. The van der Waals surface area contributed by atoms with Gasteiger partial charge in [0.1, 0.15) is 11.6 Å². The fraction of sp³-hybridized carbons (Fsp3) is 0.630. The molecule has 1 amide bonds. The largest absolute Gasteiger partial charge is 0.481 e. The van der Waals surface area contributed by atoms with E-state index in [0.717, 1.165) is 48.3 Å². The van der Waals surface area contributed by atoms with Gasteiger partial charge in [-0.15, -0.1) is 0 Å². The summed E-state index contributed by atoms with van der Waals surface area (Å²) in [5, 5.41) is 16.7. The zero-order chi connectivity index (χ0) is 25.3. The number of hydrogen-bond donors (Lipinski definition) is 3. The molecule has 0 unspecified atom stereocenters. The van der Waals surface area contributed by atoms with E-state index in [1.165, 1.54) is 6.42 Å². The van der Waals surface area contributed by atoms with Crippen LogP contribution in [0.1, 0.15) is 112 Å². The van der Waals surface area contributed by atoms with Crippen LogP contribution in [0.3, 0.4) is 0 Å². The van der Waals surface area contributed by atoms with Gasteiger partial charge in [0.2, 0.25) is 5.91 Å². The first-order chi connectivity index (χ1) is 16.5. The first kappa shape index (κ1) is 25.2. The highest BCUT2D eigenvalue weighted by molar-refractivity contribution is 5.92. The number of pyridine rings is 1. The number of nitrogen functional groups attached to an aromatic ring is 1. The molecule has 4 N–H and O–H groups in total. The Morgan fingerprint density at radius 1 is 1.26 bits per heavy atom. The van der Waals surface area contributed by atoms with Crippen molar-refractivity contribution in [3.05, 3.63) is 34.8 Å². The zero-order valence-corrected chi connectivity index (χ0v) is 21.3. The Bertz CT molecular complexity index is 1080. The summed E-state index contributed by atoms with van der Waals surface area (Å²) in [5.74, 6) is 1.46. The molecule has 35 heavy (non-hydrogen) atoms. The maximum Gasteiger partial charge on any atom is 0.303 e. The van der Waals surface area contributed by atoms with Gasteiger partial charge in [-0.1, -0.05) is 25.9 Å². The molecule has 4 rings (SSSR count). The van der Waals surface area contributed by atoms with Crippen LogP contribution in [-0.2, 0) is 9.59 Å². The fourth-order valence-electron chi connectivity index (χ4n) is 5.44. The summed E-state index contributed by atoms with van der Waals surface area (Å²) < 4.78 is 5.95. The molecule has 2 fully saturated rings. The summed E-state index contributed by atoms with van der Waals surface area (Å²) >= 11 is 0. The molecule has 190 valence electrons. The van der Waals surface area contributed by atoms with Crippen LogP contribution in [0, 0.1) is 18.3 Å². The Kier molecular flexibility index (Phi) is 7.20. The number of carboxylic acids is 1. The van der Waals surface area contributed by atoms with E-state index in [2.05, 4.69) is 36.2 Å². The van der Waals surface area contributed by atoms with E-state index >= 15 is 0 Å². The van der Waals surface area contributed by atoms with Gasteiger partial charge >= 0.3 is 5.97 Å². The number of carboxylic acid groups (broad SMARTS) is 1. The van der Waals surface area contributed by atoms with E-state index in [0.29, 0.717) is 41.1 Å². The Hall–Kier alpha value is -2.90. The number of hydrogen-bond acceptors (Lipinski definition) is 6. The van der Waals surface area contributed by atoms with Crippen LogP contribution in [-0.4, -0.2) is 27.1 Å². The van der Waals surface area contributed by atoms with E-state index in [9.17, 15) is 14.7 Å². The summed E-state index contributed by atoms with van der Waals surface area (Å²) in [7, 11) is 0. The summed E-state index contributed by atoms with van der Waals surface area (Å²) in [4.78, 5) is 28.4. The van der Waals surface area contributed by atoms with Gasteiger partial charge in [-0.3, -0.25) is 9.59 Å². The van der Waals surface area contributed by atoms with Crippen LogP contribution in [0.5, 0.6) is 0 Å². The van der Waals surface area contributed by atoms with Crippen LogP contribution in [0.15, 0.2) is 16.8 Å². The van der Waals surface area contributed by atoms with E-state index < -0.39 is 5.97 Å². The van der Waals surface area contributed by atoms with Gasteiger partial charge in [-0.05, 0) is 74.3 Å². The molecule has 2 aromatic heterocycles. The van der Waals surface area contributed by atoms with Crippen molar-refractivity contribution in [3.8, 4) is 0 Å². The molecule has 8 nitrogen and oxygen atoms in total. The van der Waals surface area contributed by atoms with Crippen molar-refractivity contribution < 1.29 is 19.2 Å². The van der Waals surface area contributed by atoms with Gasteiger partial charge in [0.15, 0.2) is 0 Å². The third-order valence-corrected chi connectivity index (χ3v) is 7.21. The number of rotatable bonds is 10. The minimum Gasteiger partial charge on any atom is -0.481 e. The lowest BCUT2D eigenvalue weighted by atomic mass is 9.66. The van der Waals surface area contributed by atoms with Crippen molar-refractivity contribution in [2.75, 3.05) is 11.1 Å². The topological polar surface area (TPSA) is 131 Å². The molecule has 2 aliphatic carbocycles. The third kappa shape index (κ3) is 6.41. The summed E-state index contributed by atoms with van der Waals surface area (Å²) in [6.07, 6.45) is 7.59. The number of amides is 1. The molecule has 2 aliphatic rings. The summed E-state index contributed by atoms with van der Waals surface area (Å²) in [6.45, 7) is 8.70. The van der Waals surface area contributed by atoms with Gasteiger partial charge in [0.05, 0.1) is 17.6 Å². The van der Waals surface area contributed by atoms with Crippen molar-refractivity contribution in [3.63, 3.8) is 0 Å². The van der Waals surface area contributed by atoms with Crippen molar-refractivity contribution in [1.82, 2.24) is 10.1 Å². The monoisotopic (exact) mass is 482 g/mol. The van der Waals surface area contributed by atoms with Crippen LogP contribution in [0.4, 0.5) is 11.5 Å². The second-order valence-electron chi connectivity index (χ2n) is 11.7. The van der Waals surface area contributed by atoms with Gasteiger partial charge in [-0.2, -0.15) is 0 Å². The number of anilines is 2. The third-order valence-electron chi connectivity index (χ3n) is 7.21. The molecule has 0 bridgehead atoms. The van der Waals surface area contributed by atoms with Crippen molar-refractivity contribution >= 4 is 23.4 Å². The molecule has 8 heteroatoms. The molecule has 0 aromatic carbocycles. The van der Waals surface area contributed by atoms with E-state index in [1.54, 1.807) is 12.3 Å². The van der Waals surface area contributed by atoms with E-state index in [-0.39, 0.29) is 24.7 Å². The maximum absolute atomic E-state index is 13.0. The van der Waals surface area contributed by atoms with Crippen LogP contribution in [0.25, 0.3) is 0 Å². The van der Waals surface area contributed by atoms with Gasteiger partial charge in [-0.25, -0.2) is 4.98 Å². The highest BCUT2D eigenvalue weighted by Crippen LogP contribution is 2.53. The molecular formula is C27H38N4O4. The standard InChI is InChI=1S/C27H38N4O4/c1-15-9-21(28)29-14-20(15)30-22(32)12-18(7-8-23(33)34)25-24(17-5-6-17)26(35-31-25)19-10-16(11-19)13-27(2,3)4/h9,14,16-19H,5-8,10-13H2,1-4H3,(H2,28,29)(H,30,32)(H,33,34)/t16?,18-,19?/m0/s1. The second-order valence-corrected chi connectivity index (χ2v) is 11.7. The smallest absolute Gasteiger partial charge is 0.303 e. The first-order valence-corrected chi connectivity index (χ1v) is 12.7. The summed E-state index contributed by atoms with van der Waals surface area (Å²) in [6, 6.07) is 1.71. The van der Waals surface area contributed by atoms with Gasteiger partial charge < -0.3 is 20.7 Å². The number of nitrogens with zero attached hydrogens (tertiary/aromatic N) is 2. The number of aliphatic carboxylic acids is 1. The molecule has 2 saturated carbocycles. The van der Waals surface area contributed by atoms with E-state index in [1.807, 2.05) is 6.92 Å². The van der Waals surface area contributed by atoms with Crippen LogP contribution in [0.2, 0.25) is 0 Å². The molecule has 0 spiro atoms. The number of aryl methyl sites for hydroxylation is 1. The lowest BCUT2D eigenvalue weighted by Crippen LogP contribution is -2.26. The van der Waals surface area contributed by atoms with Crippen molar-refractivity contribution in [2.45, 2.75) is 96.8 Å². The molecule has 1 atom stereocenters. The summed E-state index contributed by atoms with van der Waals surface area (Å²) in [5.41, 5.74) is 9.39. The first-order valence-electron chi connectivity index (χ1n) is 12.7. The normalized spacial score (nSPS) is 20.8. The van der Waals surface area contributed by atoms with Gasteiger partial charge in [0.25, 0.3) is 0 Å². The van der Waals surface area contributed by atoms with Crippen molar-refractivity contribution in [2.24, 2.45) is 11.3 Å². The van der Waals surface area contributed by atoms with Crippen LogP contribution < -0.4 is 11.1 Å². The number of carbonyl (C=O) groups is 2. The lowest BCUT2D eigenvalue weighted by molar-refractivity contribution is -0.137. The molecule has 2 aromatic rings. The number of aromatic nitrogens is 2. The minimum atomic E-state index is -0.880. The van der Waals surface area contributed by atoms with Gasteiger partial charge in [0, 0.05) is 30.2 Å². The zero-order valence-electron chi connectivity index (χ0n) is 21.3. The minimum absolute atomic E-state index is 0.0240. The highest BCUT2D eigenvalue weighted by atomic mass is 16.5. The van der Waals surface area contributed by atoms with Crippen molar-refractivity contribution in [1.29, 1.82) is 0 Å². The Balaban J connectivity index is 1.51. The Morgan fingerprint density at radius 3 is 2.57 bits per heavy atom. The average Bonchev–Trinajstić information content (AvgIpc) is 3.47. The second kappa shape index (κ2) is 9.99. The molecular weight excluding hydrogens is 444 g/mol. The van der Waals surface area contributed by atoms with E-state index in [4.69, 9.17) is 10.3 Å². The van der Waals surface area contributed by atoms with Crippen LogP contribution >= 0.6 is 0 Å². The Morgan fingerprint density at radius 2 is 1.97 bits per heavy atom. The predicted molar refractivity (Wildman–Crippen MR) is 134 cm³/mol. The highest BCUT2D eigenvalue weighted by Gasteiger charge is 2.42. The lowest BCUT2D eigenvalue weighted by Gasteiger charge is -2.38. The Labute approximate surface area is 207 Å². The molecule has 2 heterocycles. The number of nitrogens with one attached hydrogen (secondary N) is 1. The number of nitrogens with two attached hydrogens (primary N) is 1. The SMILES string of the molecule is Cc1cc(N)ncc1NC(=O)C[C@H](CCC(=O)O)c1noc(C2CC(CC(C)(C)C)C2)c1C1CC1. The average molecular weight is 483 g/mol. The molecule has 0 aliphatic heterocycles.